The Labute approximate surface area is 103 Å². The van der Waals surface area contributed by atoms with Crippen LogP contribution in [-0.2, 0) is 11.2 Å². The lowest BCUT2D eigenvalue weighted by atomic mass is 10.1. The number of benzene rings is 1. The van der Waals surface area contributed by atoms with E-state index in [0.717, 1.165) is 5.56 Å². The molecule has 0 heterocycles. The molecule has 0 saturated carbocycles. The normalized spacial score (nSPS) is 11.3. The highest BCUT2D eigenvalue weighted by Crippen LogP contribution is 2.20. The second-order valence-electron chi connectivity index (χ2n) is 3.87. The highest BCUT2D eigenvalue weighted by molar-refractivity contribution is 5.91. The van der Waals surface area contributed by atoms with Crippen LogP contribution in [0, 0.1) is 0 Å². The Kier molecular flexibility index (Phi) is 5.15. The number of carbonyl (C=O) groups is 1. The highest BCUT2D eigenvalue weighted by Gasteiger charge is 2.31. The van der Waals surface area contributed by atoms with Crippen molar-refractivity contribution in [3.05, 3.63) is 29.8 Å². The maximum absolute atomic E-state index is 12.0. The van der Waals surface area contributed by atoms with Crippen molar-refractivity contribution in [3.8, 4) is 0 Å². The topological polar surface area (TPSA) is 49.3 Å². The van der Waals surface area contributed by atoms with Crippen molar-refractivity contribution in [1.82, 2.24) is 0 Å². The van der Waals surface area contributed by atoms with Gasteiger partial charge in [0.25, 0.3) is 0 Å². The van der Waals surface area contributed by atoms with Crippen LogP contribution in [0.1, 0.15) is 18.4 Å². The van der Waals surface area contributed by atoms with Gasteiger partial charge in [-0.15, -0.1) is 0 Å². The van der Waals surface area contributed by atoms with E-state index in [1.54, 1.807) is 18.2 Å². The average Bonchev–Trinajstić information content (AvgIpc) is 2.24. The largest absolute Gasteiger partial charge is 0.397 e. The van der Waals surface area contributed by atoms with Gasteiger partial charge in [0.2, 0.25) is 5.91 Å². The number of carbonyl (C=O) groups excluding carboxylic acids is 1. The fourth-order valence-electron chi connectivity index (χ4n) is 1.48. The van der Waals surface area contributed by atoms with Gasteiger partial charge in [-0.05, 0) is 30.5 Å². The molecule has 18 heavy (non-hydrogen) atoms. The number of anilines is 1. The van der Waals surface area contributed by atoms with Gasteiger partial charge in [0.15, 0.2) is 0 Å². The Morgan fingerprint density at radius 3 is 2.67 bits per heavy atom. The minimum Gasteiger partial charge on any atom is -0.396 e. The number of halogens is 3. The number of aliphatic hydroxyl groups excluding tert-OH is 1. The first-order valence-electron chi connectivity index (χ1n) is 5.47. The molecule has 0 radical (unpaired) electrons. The average molecular weight is 261 g/mol. The predicted molar refractivity (Wildman–Crippen MR) is 61.2 cm³/mol. The van der Waals surface area contributed by atoms with Gasteiger partial charge in [-0.1, -0.05) is 12.1 Å². The monoisotopic (exact) mass is 261 g/mol. The lowest BCUT2D eigenvalue weighted by molar-refractivity contribution is -0.150. The van der Waals surface area contributed by atoms with Gasteiger partial charge in [0.1, 0.15) is 6.42 Å². The molecule has 0 fully saturated rings. The predicted octanol–water partition coefficient (Wildman–Crippen LogP) is 2.50. The van der Waals surface area contributed by atoms with Gasteiger partial charge in [0, 0.05) is 12.3 Å². The molecule has 0 spiro atoms. The van der Waals surface area contributed by atoms with Crippen LogP contribution in [0.2, 0.25) is 0 Å². The second-order valence-corrected chi connectivity index (χ2v) is 3.87. The standard InChI is InChI=1S/C12H14F3NO2/c13-12(14,15)8-11(18)16-10-5-1-3-9(7-10)4-2-6-17/h1,3,5,7,17H,2,4,6,8H2,(H,16,18). The number of rotatable bonds is 5. The van der Waals surface area contributed by atoms with Crippen molar-refractivity contribution >= 4 is 11.6 Å². The summed E-state index contributed by atoms with van der Waals surface area (Å²) >= 11 is 0. The molecular formula is C12H14F3NO2. The number of nitrogens with one attached hydrogen (secondary N) is 1. The van der Waals surface area contributed by atoms with E-state index in [1.165, 1.54) is 6.07 Å². The fourth-order valence-corrected chi connectivity index (χ4v) is 1.48. The van der Waals surface area contributed by atoms with E-state index in [2.05, 4.69) is 5.32 Å². The molecule has 2 N–H and O–H groups in total. The van der Waals surface area contributed by atoms with Crippen LogP contribution in [-0.4, -0.2) is 23.8 Å². The summed E-state index contributed by atoms with van der Waals surface area (Å²) in [5, 5.41) is 10.9. The number of amides is 1. The van der Waals surface area contributed by atoms with Gasteiger partial charge in [-0.25, -0.2) is 0 Å². The van der Waals surface area contributed by atoms with Crippen LogP contribution in [0.3, 0.4) is 0 Å². The summed E-state index contributed by atoms with van der Waals surface area (Å²) < 4.78 is 35.9. The van der Waals surface area contributed by atoms with Crippen molar-refractivity contribution in [2.45, 2.75) is 25.4 Å². The van der Waals surface area contributed by atoms with Crippen molar-refractivity contribution in [2.24, 2.45) is 0 Å². The Balaban J connectivity index is 2.59. The summed E-state index contributed by atoms with van der Waals surface area (Å²) in [5.74, 6) is -1.08. The van der Waals surface area contributed by atoms with Crippen LogP contribution in [0.4, 0.5) is 18.9 Å². The number of aliphatic hydroxyl groups is 1. The third-order valence-electron chi connectivity index (χ3n) is 2.20. The van der Waals surface area contributed by atoms with Crippen LogP contribution >= 0.6 is 0 Å². The maximum atomic E-state index is 12.0. The summed E-state index contributed by atoms with van der Waals surface area (Å²) in [5.41, 5.74) is 1.19. The van der Waals surface area contributed by atoms with Crippen molar-refractivity contribution in [1.29, 1.82) is 0 Å². The van der Waals surface area contributed by atoms with Crippen LogP contribution in [0.25, 0.3) is 0 Å². The minimum atomic E-state index is -4.50. The number of alkyl halides is 3. The van der Waals surface area contributed by atoms with Crippen molar-refractivity contribution in [3.63, 3.8) is 0 Å². The quantitative estimate of drug-likeness (QED) is 0.855. The molecule has 0 aliphatic rings. The third-order valence-corrected chi connectivity index (χ3v) is 2.20. The highest BCUT2D eigenvalue weighted by atomic mass is 19.4. The molecular weight excluding hydrogens is 247 g/mol. The zero-order valence-electron chi connectivity index (χ0n) is 9.63. The number of aryl methyl sites for hydroxylation is 1. The first kappa shape index (κ1) is 14.5. The van der Waals surface area contributed by atoms with Gasteiger partial charge in [-0.2, -0.15) is 13.2 Å². The van der Waals surface area contributed by atoms with Gasteiger partial charge in [0.05, 0.1) is 0 Å². The smallest absolute Gasteiger partial charge is 0.396 e. The molecule has 0 aromatic heterocycles. The third kappa shape index (κ3) is 5.67. The molecule has 0 aliphatic heterocycles. The van der Waals surface area contributed by atoms with E-state index in [1.807, 2.05) is 0 Å². The molecule has 0 bridgehead atoms. The van der Waals surface area contributed by atoms with E-state index in [4.69, 9.17) is 5.11 Å². The molecule has 100 valence electrons. The zero-order valence-corrected chi connectivity index (χ0v) is 9.63. The summed E-state index contributed by atoms with van der Waals surface area (Å²) in [6.45, 7) is 0.0463. The molecule has 1 aromatic carbocycles. The Morgan fingerprint density at radius 2 is 2.06 bits per heavy atom. The van der Waals surface area contributed by atoms with E-state index >= 15 is 0 Å². The fraction of sp³-hybridized carbons (Fsp3) is 0.417. The zero-order chi connectivity index (χ0) is 13.6. The first-order valence-corrected chi connectivity index (χ1v) is 5.47. The van der Waals surface area contributed by atoms with Gasteiger partial charge in [-0.3, -0.25) is 4.79 Å². The minimum absolute atomic E-state index is 0.0463. The van der Waals surface area contributed by atoms with Crippen LogP contribution in [0.5, 0.6) is 0 Å². The summed E-state index contributed by atoms with van der Waals surface area (Å²) in [6.07, 6.45) is -4.81. The molecule has 6 heteroatoms. The Hall–Kier alpha value is -1.56. The molecule has 1 aromatic rings. The van der Waals surface area contributed by atoms with Gasteiger partial charge < -0.3 is 10.4 Å². The molecule has 0 atom stereocenters. The van der Waals surface area contributed by atoms with Crippen LogP contribution in [0.15, 0.2) is 24.3 Å². The van der Waals surface area contributed by atoms with Gasteiger partial charge >= 0.3 is 6.18 Å². The van der Waals surface area contributed by atoms with Crippen molar-refractivity contribution in [2.75, 3.05) is 11.9 Å². The Bertz CT molecular complexity index is 405. The van der Waals surface area contributed by atoms with E-state index < -0.39 is 18.5 Å². The van der Waals surface area contributed by atoms with E-state index in [0.29, 0.717) is 18.5 Å². The lowest BCUT2D eigenvalue weighted by Gasteiger charge is -2.09. The molecule has 0 saturated heterocycles. The Morgan fingerprint density at radius 1 is 1.33 bits per heavy atom. The molecule has 0 unspecified atom stereocenters. The molecule has 1 amide bonds. The maximum Gasteiger partial charge on any atom is 0.397 e. The molecule has 1 rings (SSSR count). The SMILES string of the molecule is O=C(CC(F)(F)F)Nc1cccc(CCCO)c1. The summed E-state index contributed by atoms with van der Waals surface area (Å²) in [4.78, 5) is 11.1. The summed E-state index contributed by atoms with van der Waals surface area (Å²) in [6, 6.07) is 6.56. The van der Waals surface area contributed by atoms with E-state index in [-0.39, 0.29) is 6.61 Å². The van der Waals surface area contributed by atoms with E-state index in [9.17, 15) is 18.0 Å². The van der Waals surface area contributed by atoms with Crippen molar-refractivity contribution < 1.29 is 23.1 Å². The summed E-state index contributed by atoms with van der Waals surface area (Å²) in [7, 11) is 0. The first-order chi connectivity index (χ1) is 8.40. The molecule has 3 nitrogen and oxygen atoms in total. The molecule has 0 aliphatic carbocycles. The number of hydrogen-bond donors (Lipinski definition) is 2. The van der Waals surface area contributed by atoms with Crippen LogP contribution < -0.4 is 5.32 Å². The second kappa shape index (κ2) is 6.39. The lowest BCUT2D eigenvalue weighted by Crippen LogP contribution is -2.21. The number of hydrogen-bond acceptors (Lipinski definition) is 2.